The topological polar surface area (TPSA) is 78.8 Å². The number of aliphatic hydroxyl groups is 2. The van der Waals surface area contributed by atoms with Crippen LogP contribution in [0.1, 0.15) is 32.4 Å². The van der Waals surface area contributed by atoms with Crippen LogP contribution in [0.2, 0.25) is 0 Å². The summed E-state index contributed by atoms with van der Waals surface area (Å²) in [6.45, 7) is 5.19. The van der Waals surface area contributed by atoms with Crippen LogP contribution in [-0.2, 0) is 4.74 Å². The molecule has 1 aromatic heterocycles. The summed E-state index contributed by atoms with van der Waals surface area (Å²) in [5.74, 6) is 0. The molecule has 5 nitrogen and oxygen atoms in total. The summed E-state index contributed by atoms with van der Waals surface area (Å²) >= 11 is 1.51. The van der Waals surface area contributed by atoms with Gasteiger partial charge in [0.1, 0.15) is 17.8 Å². The zero-order chi connectivity index (χ0) is 16.3. The van der Waals surface area contributed by atoms with Crippen LogP contribution in [-0.4, -0.2) is 34.6 Å². The van der Waals surface area contributed by atoms with Crippen molar-refractivity contribution in [2.45, 2.75) is 38.6 Å². The van der Waals surface area contributed by atoms with Crippen molar-refractivity contribution in [3.8, 4) is 0 Å². The van der Waals surface area contributed by atoms with Crippen molar-refractivity contribution in [3.05, 3.63) is 35.2 Å². The highest BCUT2D eigenvalue weighted by Crippen LogP contribution is 2.30. The zero-order valence-electron chi connectivity index (χ0n) is 12.9. The number of benzene rings is 1. The van der Waals surface area contributed by atoms with Gasteiger partial charge in [0.05, 0.1) is 0 Å². The Morgan fingerprint density at radius 3 is 2.73 bits per heavy atom. The van der Waals surface area contributed by atoms with Gasteiger partial charge < -0.3 is 20.3 Å². The molecule has 1 amide bonds. The lowest BCUT2D eigenvalue weighted by Crippen LogP contribution is -2.38. The number of aliphatic hydroxyl groups excluding tert-OH is 2. The first-order valence-electron chi connectivity index (χ1n) is 7.07. The summed E-state index contributed by atoms with van der Waals surface area (Å²) in [4.78, 5) is 11.6. The summed E-state index contributed by atoms with van der Waals surface area (Å²) in [6.07, 6.45) is -2.80. The van der Waals surface area contributed by atoms with Gasteiger partial charge in [0.15, 0.2) is 0 Å². The number of carbonyl (C=O) groups is 1. The average Bonchev–Trinajstić information content (AvgIpc) is 2.90. The third kappa shape index (κ3) is 4.19. The second kappa shape index (κ2) is 6.64. The normalized spacial score (nSPS) is 14.6. The van der Waals surface area contributed by atoms with Gasteiger partial charge in [-0.1, -0.05) is 18.2 Å². The first-order chi connectivity index (χ1) is 10.3. The lowest BCUT2D eigenvalue weighted by Gasteiger charge is -2.22. The fourth-order valence-corrected chi connectivity index (χ4v) is 3.02. The van der Waals surface area contributed by atoms with E-state index in [9.17, 15) is 15.0 Å². The van der Waals surface area contributed by atoms with E-state index in [2.05, 4.69) is 5.32 Å². The Morgan fingerprint density at radius 2 is 2.05 bits per heavy atom. The molecule has 0 aliphatic heterocycles. The van der Waals surface area contributed by atoms with Crippen molar-refractivity contribution in [1.82, 2.24) is 5.32 Å². The van der Waals surface area contributed by atoms with Gasteiger partial charge in [-0.3, -0.25) is 0 Å². The fraction of sp³-hybridized carbons (Fsp3) is 0.438. The molecule has 2 unspecified atom stereocenters. The Bertz CT molecular complexity index is 647. The van der Waals surface area contributed by atoms with E-state index < -0.39 is 23.9 Å². The van der Waals surface area contributed by atoms with E-state index in [0.29, 0.717) is 5.56 Å². The van der Waals surface area contributed by atoms with E-state index in [0.717, 1.165) is 10.1 Å². The van der Waals surface area contributed by atoms with E-state index >= 15 is 0 Å². The number of fused-ring (bicyclic) bond motifs is 1. The molecule has 1 aromatic carbocycles. The van der Waals surface area contributed by atoms with Gasteiger partial charge in [0.2, 0.25) is 0 Å². The molecule has 0 radical (unpaired) electrons. The predicted molar refractivity (Wildman–Crippen MR) is 87.0 cm³/mol. The lowest BCUT2D eigenvalue weighted by atomic mass is 10.0. The third-order valence-corrected chi connectivity index (χ3v) is 4.03. The van der Waals surface area contributed by atoms with Crippen molar-refractivity contribution in [1.29, 1.82) is 0 Å². The second-order valence-corrected chi connectivity index (χ2v) is 7.00. The van der Waals surface area contributed by atoms with Crippen LogP contribution in [0, 0.1) is 0 Å². The largest absolute Gasteiger partial charge is 0.444 e. The maximum absolute atomic E-state index is 11.6. The summed E-state index contributed by atoms with van der Waals surface area (Å²) in [7, 11) is 0. The molecular formula is C16H21NO4S. The van der Waals surface area contributed by atoms with Gasteiger partial charge >= 0.3 is 6.09 Å². The Kier molecular flexibility index (Phi) is 5.05. The molecule has 6 heteroatoms. The number of nitrogens with one attached hydrogen (secondary N) is 1. The number of amides is 1. The van der Waals surface area contributed by atoms with Crippen LogP contribution in [0.3, 0.4) is 0 Å². The van der Waals surface area contributed by atoms with Crippen LogP contribution < -0.4 is 5.32 Å². The van der Waals surface area contributed by atoms with E-state index in [1.54, 1.807) is 26.8 Å². The van der Waals surface area contributed by atoms with Crippen LogP contribution in [0.4, 0.5) is 4.79 Å². The number of carbonyl (C=O) groups excluding carboxylic acids is 1. The van der Waals surface area contributed by atoms with Crippen molar-refractivity contribution in [2.24, 2.45) is 0 Å². The number of rotatable bonds is 4. The first kappa shape index (κ1) is 16.7. The highest BCUT2D eigenvalue weighted by molar-refractivity contribution is 7.17. The molecule has 0 bridgehead atoms. The maximum Gasteiger partial charge on any atom is 0.407 e. The van der Waals surface area contributed by atoms with Crippen molar-refractivity contribution in [2.75, 3.05) is 6.54 Å². The van der Waals surface area contributed by atoms with Crippen LogP contribution >= 0.6 is 11.3 Å². The van der Waals surface area contributed by atoms with E-state index in [1.165, 1.54) is 11.3 Å². The SMILES string of the molecule is CC(C)(C)OC(=O)NCC(O)C(O)c1cccc2ccsc12. The molecule has 120 valence electrons. The number of alkyl carbamates (subject to hydrolysis) is 1. The zero-order valence-corrected chi connectivity index (χ0v) is 13.7. The van der Waals surface area contributed by atoms with Crippen molar-refractivity contribution >= 4 is 27.5 Å². The van der Waals surface area contributed by atoms with E-state index in [-0.39, 0.29) is 6.54 Å². The summed E-state index contributed by atoms with van der Waals surface area (Å²) in [5, 5.41) is 25.8. The molecule has 0 aliphatic rings. The minimum atomic E-state index is -1.11. The van der Waals surface area contributed by atoms with Crippen LogP contribution in [0.25, 0.3) is 10.1 Å². The quantitative estimate of drug-likeness (QED) is 0.808. The summed E-state index contributed by atoms with van der Waals surface area (Å²) in [5.41, 5.74) is 0.0573. The molecule has 3 N–H and O–H groups in total. The smallest absolute Gasteiger partial charge is 0.407 e. The molecule has 0 spiro atoms. The monoisotopic (exact) mass is 323 g/mol. The number of hydrogen-bond acceptors (Lipinski definition) is 5. The lowest BCUT2D eigenvalue weighted by molar-refractivity contribution is 0.0137. The fourth-order valence-electron chi connectivity index (χ4n) is 2.07. The molecule has 2 rings (SSSR count). The van der Waals surface area contributed by atoms with Gasteiger partial charge in [-0.05, 0) is 37.6 Å². The van der Waals surface area contributed by atoms with Crippen LogP contribution in [0.5, 0.6) is 0 Å². The highest BCUT2D eigenvalue weighted by Gasteiger charge is 2.23. The number of ether oxygens (including phenoxy) is 1. The molecule has 0 saturated carbocycles. The Hall–Kier alpha value is -1.63. The molecule has 0 saturated heterocycles. The highest BCUT2D eigenvalue weighted by atomic mass is 32.1. The Morgan fingerprint density at radius 1 is 1.32 bits per heavy atom. The van der Waals surface area contributed by atoms with Gasteiger partial charge in [0, 0.05) is 16.8 Å². The molecule has 1 heterocycles. The molecular weight excluding hydrogens is 302 g/mol. The molecule has 22 heavy (non-hydrogen) atoms. The maximum atomic E-state index is 11.6. The van der Waals surface area contributed by atoms with Gasteiger partial charge in [-0.15, -0.1) is 11.3 Å². The molecule has 2 aromatic rings. The minimum Gasteiger partial charge on any atom is -0.444 e. The first-order valence-corrected chi connectivity index (χ1v) is 7.95. The summed E-state index contributed by atoms with van der Waals surface area (Å²) < 4.78 is 6.03. The van der Waals surface area contributed by atoms with Crippen molar-refractivity contribution < 1.29 is 19.7 Å². The Labute approximate surface area is 133 Å². The number of hydrogen-bond donors (Lipinski definition) is 3. The summed E-state index contributed by atoms with van der Waals surface area (Å²) in [6, 6.07) is 7.52. The van der Waals surface area contributed by atoms with E-state index in [4.69, 9.17) is 4.74 Å². The standard InChI is InChI=1S/C16H21NO4S/c1-16(2,3)21-15(20)17-9-12(18)13(19)11-6-4-5-10-7-8-22-14(10)11/h4-8,12-13,18-19H,9H2,1-3H3,(H,17,20). The van der Waals surface area contributed by atoms with Crippen LogP contribution in [0.15, 0.2) is 29.6 Å². The van der Waals surface area contributed by atoms with Gasteiger partial charge in [-0.2, -0.15) is 0 Å². The molecule has 0 aliphatic carbocycles. The van der Waals surface area contributed by atoms with Gasteiger partial charge in [0.25, 0.3) is 0 Å². The second-order valence-electron chi connectivity index (χ2n) is 6.08. The van der Waals surface area contributed by atoms with Gasteiger partial charge in [-0.25, -0.2) is 4.79 Å². The average molecular weight is 323 g/mol. The minimum absolute atomic E-state index is 0.0855. The Balaban J connectivity index is 1.99. The van der Waals surface area contributed by atoms with E-state index in [1.807, 2.05) is 23.6 Å². The van der Waals surface area contributed by atoms with Crippen molar-refractivity contribution in [3.63, 3.8) is 0 Å². The number of thiophene rings is 1. The predicted octanol–water partition coefficient (Wildman–Crippen LogP) is 2.82. The molecule has 2 atom stereocenters. The molecule has 0 fully saturated rings. The third-order valence-electron chi connectivity index (χ3n) is 3.05.